The van der Waals surface area contributed by atoms with Crippen LogP contribution in [0, 0.1) is 0 Å². The monoisotopic (exact) mass is 369 g/mol. The molecule has 1 aromatic heterocycles. The molecular weight excluding hydrogens is 334 g/mol. The van der Waals surface area contributed by atoms with Crippen LogP contribution in [0.4, 0.5) is 0 Å². The van der Waals surface area contributed by atoms with Gasteiger partial charge in [0.25, 0.3) is 0 Å². The number of para-hydroxylation sites is 1. The number of rotatable bonds is 8. The van der Waals surface area contributed by atoms with Crippen LogP contribution in [0.3, 0.4) is 0 Å². The molecule has 1 amide bonds. The van der Waals surface area contributed by atoms with E-state index in [9.17, 15) is 4.79 Å². The average Bonchev–Trinajstić information content (AvgIpc) is 2.97. The van der Waals surface area contributed by atoms with E-state index in [0.29, 0.717) is 18.5 Å². The number of nitrogens with zero attached hydrogens (tertiary/aromatic N) is 2. The van der Waals surface area contributed by atoms with Crippen LogP contribution in [0.5, 0.6) is 0 Å². The summed E-state index contributed by atoms with van der Waals surface area (Å²) in [6.45, 7) is 6.56. The molecule has 0 spiro atoms. The second kappa shape index (κ2) is 9.41. The van der Waals surface area contributed by atoms with E-state index in [2.05, 4.69) is 66.1 Å². The number of likely N-dealkylation sites (tertiary alicyclic amines) is 1. The van der Waals surface area contributed by atoms with Gasteiger partial charge < -0.3 is 9.88 Å². The lowest BCUT2D eigenvalue weighted by atomic mass is 9.97. The number of aromatic nitrogens is 1. The van der Waals surface area contributed by atoms with Crippen LogP contribution in [0.25, 0.3) is 10.9 Å². The quantitative estimate of drug-likeness (QED) is 0.706. The molecule has 2 aromatic rings. The van der Waals surface area contributed by atoms with Gasteiger partial charge in [-0.05, 0) is 57.6 Å². The summed E-state index contributed by atoms with van der Waals surface area (Å²) in [4.78, 5) is 14.8. The summed E-state index contributed by atoms with van der Waals surface area (Å²) in [5, 5.41) is 4.42. The maximum Gasteiger partial charge on any atom is 0.220 e. The summed E-state index contributed by atoms with van der Waals surface area (Å²) >= 11 is 0. The average molecular weight is 370 g/mol. The molecule has 2 atom stereocenters. The van der Waals surface area contributed by atoms with E-state index in [1.54, 1.807) is 0 Å². The standard InChI is InChI=1S/C23H35N3O/c1-18-9-6-10-19(2)26(18)16-8-15-24-23(27)14-7-11-20-17-25(3)22-13-5-4-12-21(20)22/h4-5,12-13,17-19H,6-11,14-16H2,1-3H3,(H,24,27)/t18-,19-/m1/s1. The molecule has 1 saturated heterocycles. The number of carbonyl (C=O) groups excluding carboxylic acids is 1. The van der Waals surface area contributed by atoms with Gasteiger partial charge in [-0.1, -0.05) is 24.6 Å². The summed E-state index contributed by atoms with van der Waals surface area (Å²) in [6, 6.07) is 9.85. The fourth-order valence-corrected chi connectivity index (χ4v) is 4.56. The molecule has 0 bridgehead atoms. The number of benzene rings is 1. The van der Waals surface area contributed by atoms with Crippen LogP contribution in [0.15, 0.2) is 30.5 Å². The van der Waals surface area contributed by atoms with Crippen molar-refractivity contribution in [2.75, 3.05) is 13.1 Å². The summed E-state index contributed by atoms with van der Waals surface area (Å²) in [5.74, 6) is 0.190. The van der Waals surface area contributed by atoms with Crippen molar-refractivity contribution in [2.45, 2.75) is 70.9 Å². The Bertz CT molecular complexity index is 741. The number of fused-ring (bicyclic) bond motifs is 1. The maximum atomic E-state index is 12.2. The summed E-state index contributed by atoms with van der Waals surface area (Å²) in [6.07, 6.45) is 9.69. The number of piperidine rings is 1. The molecule has 0 aliphatic carbocycles. The number of nitrogens with one attached hydrogen (secondary N) is 1. The molecule has 1 fully saturated rings. The first-order valence-electron chi connectivity index (χ1n) is 10.6. The molecule has 4 nitrogen and oxygen atoms in total. The summed E-state index contributed by atoms with van der Waals surface area (Å²) in [5.41, 5.74) is 2.60. The number of hydrogen-bond donors (Lipinski definition) is 1. The molecule has 0 unspecified atom stereocenters. The fourth-order valence-electron chi connectivity index (χ4n) is 4.56. The second-order valence-corrected chi connectivity index (χ2v) is 8.21. The van der Waals surface area contributed by atoms with E-state index in [4.69, 9.17) is 0 Å². The van der Waals surface area contributed by atoms with Crippen LogP contribution < -0.4 is 5.32 Å². The van der Waals surface area contributed by atoms with E-state index in [1.165, 1.54) is 35.7 Å². The zero-order chi connectivity index (χ0) is 19.2. The van der Waals surface area contributed by atoms with Gasteiger partial charge in [0.15, 0.2) is 0 Å². The van der Waals surface area contributed by atoms with Gasteiger partial charge in [0.1, 0.15) is 0 Å². The molecule has 1 aromatic carbocycles. The first-order valence-corrected chi connectivity index (χ1v) is 10.6. The van der Waals surface area contributed by atoms with Crippen molar-refractivity contribution < 1.29 is 4.79 Å². The SMILES string of the molecule is C[C@@H]1CCC[C@@H](C)N1CCCNC(=O)CCCc1cn(C)c2ccccc12. The molecule has 4 heteroatoms. The van der Waals surface area contributed by atoms with E-state index < -0.39 is 0 Å². The van der Waals surface area contributed by atoms with Crippen LogP contribution >= 0.6 is 0 Å². The van der Waals surface area contributed by atoms with E-state index in [-0.39, 0.29) is 5.91 Å². The fraction of sp³-hybridized carbons (Fsp3) is 0.609. The van der Waals surface area contributed by atoms with Gasteiger partial charge in [-0.2, -0.15) is 0 Å². The van der Waals surface area contributed by atoms with Crippen molar-refractivity contribution in [1.82, 2.24) is 14.8 Å². The van der Waals surface area contributed by atoms with Crippen LogP contribution in [-0.2, 0) is 18.3 Å². The van der Waals surface area contributed by atoms with Gasteiger partial charge in [0, 0.05) is 55.7 Å². The molecule has 27 heavy (non-hydrogen) atoms. The highest BCUT2D eigenvalue weighted by molar-refractivity contribution is 5.84. The Morgan fingerprint density at radius 2 is 1.89 bits per heavy atom. The van der Waals surface area contributed by atoms with Crippen LogP contribution in [0.1, 0.15) is 57.9 Å². The Labute approximate surface area is 163 Å². The van der Waals surface area contributed by atoms with E-state index in [1.807, 2.05) is 0 Å². The molecule has 1 aliphatic rings. The van der Waals surface area contributed by atoms with Gasteiger partial charge in [0.2, 0.25) is 5.91 Å². The Morgan fingerprint density at radius 1 is 1.15 bits per heavy atom. The number of hydrogen-bond acceptors (Lipinski definition) is 2. The van der Waals surface area contributed by atoms with Gasteiger partial charge in [-0.15, -0.1) is 0 Å². The third-order valence-corrected chi connectivity index (χ3v) is 6.12. The van der Waals surface area contributed by atoms with Gasteiger partial charge in [-0.25, -0.2) is 0 Å². The first-order chi connectivity index (χ1) is 13.1. The number of amides is 1. The molecule has 2 heterocycles. The highest BCUT2D eigenvalue weighted by atomic mass is 16.1. The molecule has 148 valence electrons. The third kappa shape index (κ3) is 5.13. The molecule has 1 N–H and O–H groups in total. The Hall–Kier alpha value is -1.81. The van der Waals surface area contributed by atoms with Gasteiger partial charge in [-0.3, -0.25) is 9.69 Å². The van der Waals surface area contributed by atoms with Crippen LogP contribution in [-0.4, -0.2) is 40.5 Å². The van der Waals surface area contributed by atoms with Crippen molar-refractivity contribution >= 4 is 16.8 Å². The third-order valence-electron chi connectivity index (χ3n) is 6.12. The number of carbonyl (C=O) groups is 1. The highest BCUT2D eigenvalue weighted by Gasteiger charge is 2.23. The van der Waals surface area contributed by atoms with E-state index in [0.717, 1.165) is 32.4 Å². The molecule has 0 saturated carbocycles. The second-order valence-electron chi connectivity index (χ2n) is 8.21. The molecular formula is C23H35N3O. The normalized spacial score (nSPS) is 20.9. The van der Waals surface area contributed by atoms with Crippen molar-refractivity contribution in [2.24, 2.45) is 7.05 Å². The number of aryl methyl sites for hydroxylation is 2. The predicted octanol–water partition coefficient (Wildman–Crippen LogP) is 4.27. The summed E-state index contributed by atoms with van der Waals surface area (Å²) in [7, 11) is 2.09. The minimum atomic E-state index is 0.190. The lowest BCUT2D eigenvalue weighted by Gasteiger charge is -2.39. The van der Waals surface area contributed by atoms with Crippen molar-refractivity contribution in [1.29, 1.82) is 0 Å². The zero-order valence-corrected chi connectivity index (χ0v) is 17.2. The smallest absolute Gasteiger partial charge is 0.220 e. The largest absolute Gasteiger partial charge is 0.356 e. The van der Waals surface area contributed by atoms with Crippen LogP contribution in [0.2, 0.25) is 0 Å². The highest BCUT2D eigenvalue weighted by Crippen LogP contribution is 2.23. The van der Waals surface area contributed by atoms with E-state index >= 15 is 0 Å². The molecule has 1 aliphatic heterocycles. The van der Waals surface area contributed by atoms with Gasteiger partial charge in [0.05, 0.1) is 0 Å². The maximum absolute atomic E-state index is 12.2. The first kappa shape index (κ1) is 19.9. The van der Waals surface area contributed by atoms with Crippen molar-refractivity contribution in [3.63, 3.8) is 0 Å². The predicted molar refractivity (Wildman–Crippen MR) is 113 cm³/mol. The minimum Gasteiger partial charge on any atom is -0.356 e. The van der Waals surface area contributed by atoms with Crippen molar-refractivity contribution in [3.05, 3.63) is 36.0 Å². The molecule has 3 rings (SSSR count). The Morgan fingerprint density at radius 3 is 2.67 bits per heavy atom. The lowest BCUT2D eigenvalue weighted by Crippen LogP contribution is -2.44. The minimum absolute atomic E-state index is 0.190. The van der Waals surface area contributed by atoms with Crippen molar-refractivity contribution in [3.8, 4) is 0 Å². The lowest BCUT2D eigenvalue weighted by molar-refractivity contribution is -0.121. The topological polar surface area (TPSA) is 37.3 Å². The summed E-state index contributed by atoms with van der Waals surface area (Å²) < 4.78 is 2.17. The molecule has 0 radical (unpaired) electrons. The van der Waals surface area contributed by atoms with Gasteiger partial charge >= 0.3 is 0 Å². The Balaban J connectivity index is 1.35. The Kier molecular flexibility index (Phi) is 6.95. The zero-order valence-electron chi connectivity index (χ0n) is 17.2.